The molecule has 0 saturated heterocycles. The number of fused-ring (bicyclic) bond motifs is 1. The zero-order valence-corrected chi connectivity index (χ0v) is 15.4. The number of hydrogen-bond donors (Lipinski definition) is 1. The van der Waals surface area contributed by atoms with Gasteiger partial charge in [-0.15, -0.1) is 0 Å². The van der Waals surface area contributed by atoms with E-state index in [4.69, 9.17) is 13.9 Å². The van der Waals surface area contributed by atoms with Crippen molar-refractivity contribution < 1.29 is 23.7 Å². The van der Waals surface area contributed by atoms with Crippen molar-refractivity contribution in [2.45, 2.75) is 0 Å². The Hall–Kier alpha value is -3.67. The van der Waals surface area contributed by atoms with Gasteiger partial charge in [-0.05, 0) is 30.3 Å². The number of ether oxygens (including phenoxy) is 3. The zero-order chi connectivity index (χ0) is 19.9. The van der Waals surface area contributed by atoms with E-state index in [1.54, 1.807) is 49.8 Å². The van der Waals surface area contributed by atoms with Gasteiger partial charge in [-0.1, -0.05) is 12.7 Å². The molecule has 0 amide bonds. The molecule has 1 aliphatic heterocycles. The van der Waals surface area contributed by atoms with Crippen LogP contribution in [0.1, 0.15) is 0 Å². The first kappa shape index (κ1) is 19.1. The van der Waals surface area contributed by atoms with E-state index in [0.29, 0.717) is 17.3 Å². The molecule has 0 spiro atoms. The van der Waals surface area contributed by atoms with Crippen molar-refractivity contribution in [2.75, 3.05) is 20.3 Å². The number of aromatic hydroxyl groups is 1. The maximum Gasteiger partial charge on any atom is 0.197 e. The van der Waals surface area contributed by atoms with Crippen molar-refractivity contribution in [3.05, 3.63) is 77.7 Å². The van der Waals surface area contributed by atoms with Gasteiger partial charge in [0.05, 0.1) is 13.4 Å². The molecular weight excluding hydrogens is 360 g/mol. The van der Waals surface area contributed by atoms with Gasteiger partial charge in [0.25, 0.3) is 0 Å². The second-order valence-electron chi connectivity index (χ2n) is 5.82. The molecule has 0 bridgehead atoms. The molecule has 6 heteroatoms. The van der Waals surface area contributed by atoms with Crippen LogP contribution >= 0.6 is 0 Å². The lowest BCUT2D eigenvalue weighted by atomic mass is 10.1. The highest BCUT2D eigenvalue weighted by atomic mass is 16.5. The quantitative estimate of drug-likeness (QED) is 0.666. The van der Waals surface area contributed by atoms with Crippen LogP contribution in [0.25, 0.3) is 22.3 Å². The average molecular weight is 380 g/mol. The van der Waals surface area contributed by atoms with Crippen LogP contribution in [0.5, 0.6) is 17.2 Å². The van der Waals surface area contributed by atoms with E-state index in [-0.39, 0.29) is 28.8 Å². The second kappa shape index (κ2) is 8.81. The van der Waals surface area contributed by atoms with Crippen molar-refractivity contribution in [3.8, 4) is 28.6 Å². The van der Waals surface area contributed by atoms with Crippen LogP contribution in [0.3, 0.4) is 0 Å². The smallest absolute Gasteiger partial charge is 0.197 e. The number of rotatable bonds is 5. The van der Waals surface area contributed by atoms with E-state index in [9.17, 15) is 9.90 Å². The summed E-state index contributed by atoms with van der Waals surface area (Å²) in [6.07, 6.45) is 5.23. The van der Waals surface area contributed by atoms with Gasteiger partial charge in [-0.2, -0.15) is 0 Å². The summed E-state index contributed by atoms with van der Waals surface area (Å²) in [7, 11) is 1.58. The molecule has 0 fully saturated rings. The summed E-state index contributed by atoms with van der Waals surface area (Å²) >= 11 is 0. The van der Waals surface area contributed by atoms with Crippen LogP contribution in [-0.4, -0.2) is 25.4 Å². The van der Waals surface area contributed by atoms with Gasteiger partial charge in [0.1, 0.15) is 47.2 Å². The molecule has 2 heterocycles. The minimum absolute atomic E-state index is 0.123. The van der Waals surface area contributed by atoms with Crippen molar-refractivity contribution >= 4 is 11.0 Å². The van der Waals surface area contributed by atoms with Crippen molar-refractivity contribution in [1.29, 1.82) is 0 Å². The van der Waals surface area contributed by atoms with E-state index >= 15 is 0 Å². The number of hydrogen-bond acceptors (Lipinski definition) is 6. The summed E-state index contributed by atoms with van der Waals surface area (Å²) in [5.74, 6) is 1.33. The standard InChI is InChI=1S/C19H16O5.C3H4O/c1-3-8-23-14-9-15(20)19-16(21)11-17(24-18(19)10-14)12-4-6-13(22-2)7-5-12;1-2-4-3-1/h3-7,9-11,20H,1,8H2,2H3;1-2H,3H2. The minimum Gasteiger partial charge on any atom is -0.507 e. The summed E-state index contributed by atoms with van der Waals surface area (Å²) in [6.45, 7) is 4.68. The fourth-order valence-corrected chi connectivity index (χ4v) is 2.48. The Bertz CT molecular complexity index is 1040. The Morgan fingerprint density at radius 3 is 2.43 bits per heavy atom. The maximum atomic E-state index is 12.3. The van der Waals surface area contributed by atoms with Gasteiger partial charge in [-0.3, -0.25) is 4.79 Å². The molecule has 4 rings (SSSR count). The van der Waals surface area contributed by atoms with Gasteiger partial charge in [0.15, 0.2) is 5.43 Å². The SMILES string of the molecule is C1=COC1.C=CCOc1cc(O)c2c(=O)cc(-c3ccc(OC)cc3)oc2c1. The van der Waals surface area contributed by atoms with Crippen molar-refractivity contribution in [2.24, 2.45) is 0 Å². The molecule has 0 atom stereocenters. The molecule has 0 saturated carbocycles. The van der Waals surface area contributed by atoms with Gasteiger partial charge < -0.3 is 23.7 Å². The van der Waals surface area contributed by atoms with E-state index in [0.717, 1.165) is 12.2 Å². The highest BCUT2D eigenvalue weighted by Gasteiger charge is 2.13. The third-order valence-corrected chi connectivity index (χ3v) is 3.91. The predicted molar refractivity (Wildman–Crippen MR) is 107 cm³/mol. The third-order valence-electron chi connectivity index (χ3n) is 3.91. The molecule has 0 aliphatic carbocycles. The van der Waals surface area contributed by atoms with Crippen LogP contribution in [-0.2, 0) is 4.74 Å². The number of phenolic OH excluding ortho intramolecular Hbond substituents is 1. The van der Waals surface area contributed by atoms with Crippen LogP contribution in [0, 0.1) is 0 Å². The highest BCUT2D eigenvalue weighted by molar-refractivity contribution is 5.86. The first-order chi connectivity index (χ1) is 13.6. The van der Waals surface area contributed by atoms with E-state index in [1.807, 2.05) is 6.08 Å². The molecule has 28 heavy (non-hydrogen) atoms. The van der Waals surface area contributed by atoms with Gasteiger partial charge in [-0.25, -0.2) is 0 Å². The molecule has 1 aliphatic rings. The van der Waals surface area contributed by atoms with Crippen LogP contribution in [0.2, 0.25) is 0 Å². The van der Waals surface area contributed by atoms with Crippen molar-refractivity contribution in [3.63, 3.8) is 0 Å². The summed E-state index contributed by atoms with van der Waals surface area (Å²) in [5, 5.41) is 10.2. The lowest BCUT2D eigenvalue weighted by Gasteiger charge is -2.08. The zero-order valence-electron chi connectivity index (χ0n) is 15.4. The fourth-order valence-electron chi connectivity index (χ4n) is 2.48. The Kier molecular flexibility index (Phi) is 6.01. The molecule has 6 nitrogen and oxygen atoms in total. The van der Waals surface area contributed by atoms with Gasteiger partial charge in [0.2, 0.25) is 0 Å². The second-order valence-corrected chi connectivity index (χ2v) is 5.82. The van der Waals surface area contributed by atoms with Gasteiger partial charge in [0, 0.05) is 23.8 Å². The molecule has 2 aromatic carbocycles. The fraction of sp³-hybridized carbons (Fsp3) is 0.136. The largest absolute Gasteiger partial charge is 0.507 e. The highest BCUT2D eigenvalue weighted by Crippen LogP contribution is 2.31. The monoisotopic (exact) mass is 380 g/mol. The summed E-state index contributed by atoms with van der Waals surface area (Å²) in [5.41, 5.74) is 0.661. The predicted octanol–water partition coefficient (Wildman–Crippen LogP) is 4.27. The summed E-state index contributed by atoms with van der Waals surface area (Å²) < 4.78 is 20.9. The summed E-state index contributed by atoms with van der Waals surface area (Å²) in [6, 6.07) is 11.5. The molecule has 0 radical (unpaired) electrons. The molecule has 0 unspecified atom stereocenters. The Morgan fingerprint density at radius 1 is 1.18 bits per heavy atom. The normalized spacial score (nSPS) is 11.6. The molecular formula is C22H20O6. The van der Waals surface area contributed by atoms with Crippen LogP contribution in [0.15, 0.2) is 76.7 Å². The maximum absolute atomic E-state index is 12.3. The first-order valence-electron chi connectivity index (χ1n) is 8.58. The Labute approximate surface area is 161 Å². The molecule has 1 aromatic heterocycles. The number of benzene rings is 2. The number of phenols is 1. The average Bonchev–Trinajstić information content (AvgIpc) is 2.64. The van der Waals surface area contributed by atoms with E-state index in [1.165, 1.54) is 12.1 Å². The Balaban J connectivity index is 0.000000500. The molecule has 3 aromatic rings. The van der Waals surface area contributed by atoms with E-state index in [2.05, 4.69) is 11.3 Å². The third kappa shape index (κ3) is 4.35. The lowest BCUT2D eigenvalue weighted by Crippen LogP contribution is -2.02. The number of methoxy groups -OCH3 is 1. The summed E-state index contributed by atoms with van der Waals surface area (Å²) in [4.78, 5) is 12.3. The van der Waals surface area contributed by atoms with Gasteiger partial charge >= 0.3 is 0 Å². The first-order valence-corrected chi connectivity index (χ1v) is 8.58. The van der Waals surface area contributed by atoms with Crippen LogP contribution < -0.4 is 14.9 Å². The molecule has 144 valence electrons. The minimum atomic E-state index is -0.324. The lowest BCUT2D eigenvalue weighted by molar-refractivity contribution is 0.243. The Morgan fingerprint density at radius 2 is 1.86 bits per heavy atom. The molecule has 1 N–H and O–H groups in total. The van der Waals surface area contributed by atoms with Crippen LogP contribution in [0.4, 0.5) is 0 Å². The van der Waals surface area contributed by atoms with Crippen molar-refractivity contribution in [1.82, 2.24) is 0 Å². The topological polar surface area (TPSA) is 78.1 Å². The van der Waals surface area contributed by atoms with E-state index < -0.39 is 0 Å².